The van der Waals surface area contributed by atoms with Crippen molar-refractivity contribution in [2.24, 2.45) is 12.0 Å². The number of amidine groups is 1. The standard InChI is InChI=1S/C14H17N5O/c1-19-9-8-15-12(19)10-20-14-11(4-2-5-18-14)13-16-6-3-7-17-13/h2,4-5,8-9H,3,6-7,10H2,1H3,(H,16,17). The van der Waals surface area contributed by atoms with Crippen molar-refractivity contribution in [1.82, 2.24) is 19.9 Å². The molecule has 0 aromatic carbocycles. The van der Waals surface area contributed by atoms with Crippen molar-refractivity contribution < 1.29 is 4.74 Å². The first kappa shape index (κ1) is 12.7. The van der Waals surface area contributed by atoms with Crippen LogP contribution in [-0.2, 0) is 13.7 Å². The molecule has 0 atom stereocenters. The van der Waals surface area contributed by atoms with E-state index < -0.39 is 0 Å². The van der Waals surface area contributed by atoms with Gasteiger partial charge in [0.05, 0.1) is 5.56 Å². The molecule has 0 fully saturated rings. The van der Waals surface area contributed by atoms with Gasteiger partial charge < -0.3 is 14.6 Å². The molecule has 0 bridgehead atoms. The minimum Gasteiger partial charge on any atom is -0.469 e. The molecule has 2 aromatic heterocycles. The SMILES string of the molecule is Cn1ccnc1COc1ncccc1C1=NCCCN1. The zero-order valence-corrected chi connectivity index (χ0v) is 11.4. The predicted octanol–water partition coefficient (Wildman–Crippen LogP) is 1.13. The number of aromatic nitrogens is 3. The van der Waals surface area contributed by atoms with Gasteiger partial charge in [0.15, 0.2) is 0 Å². The maximum Gasteiger partial charge on any atom is 0.224 e. The smallest absolute Gasteiger partial charge is 0.224 e. The largest absolute Gasteiger partial charge is 0.469 e. The van der Waals surface area contributed by atoms with E-state index in [-0.39, 0.29) is 0 Å². The normalized spacial score (nSPS) is 14.6. The monoisotopic (exact) mass is 271 g/mol. The van der Waals surface area contributed by atoms with E-state index in [1.165, 1.54) is 0 Å². The van der Waals surface area contributed by atoms with Crippen molar-refractivity contribution in [2.45, 2.75) is 13.0 Å². The molecule has 0 saturated carbocycles. The third kappa shape index (κ3) is 2.64. The highest BCUT2D eigenvalue weighted by molar-refractivity contribution is 6.00. The van der Waals surface area contributed by atoms with E-state index in [2.05, 4.69) is 20.3 Å². The van der Waals surface area contributed by atoms with Gasteiger partial charge in [-0.25, -0.2) is 9.97 Å². The minimum atomic E-state index is 0.390. The summed E-state index contributed by atoms with van der Waals surface area (Å²) in [4.78, 5) is 13.0. The van der Waals surface area contributed by atoms with Gasteiger partial charge in [-0.15, -0.1) is 0 Å². The molecule has 0 aliphatic carbocycles. The fraction of sp³-hybridized carbons (Fsp3) is 0.357. The van der Waals surface area contributed by atoms with Crippen molar-refractivity contribution in [1.29, 1.82) is 0 Å². The highest BCUT2D eigenvalue weighted by Gasteiger charge is 2.14. The van der Waals surface area contributed by atoms with Gasteiger partial charge in [0, 0.05) is 38.7 Å². The number of pyridine rings is 1. The third-order valence-electron chi connectivity index (χ3n) is 3.18. The number of nitrogens with one attached hydrogen (secondary N) is 1. The molecule has 6 heteroatoms. The molecule has 0 saturated heterocycles. The lowest BCUT2D eigenvalue weighted by molar-refractivity contribution is 0.279. The molecule has 6 nitrogen and oxygen atoms in total. The molecule has 0 radical (unpaired) electrons. The Kier molecular flexibility index (Phi) is 3.62. The number of hydrogen-bond acceptors (Lipinski definition) is 5. The number of aliphatic imine (C=N–C) groups is 1. The molecule has 0 unspecified atom stereocenters. The molecule has 0 amide bonds. The van der Waals surface area contributed by atoms with Crippen LogP contribution in [0.1, 0.15) is 17.8 Å². The Balaban J connectivity index is 1.79. The van der Waals surface area contributed by atoms with Crippen LogP contribution in [0.25, 0.3) is 0 Å². The van der Waals surface area contributed by atoms with Gasteiger partial charge in [0.2, 0.25) is 5.88 Å². The van der Waals surface area contributed by atoms with Crippen molar-refractivity contribution in [3.05, 3.63) is 42.1 Å². The Hall–Kier alpha value is -2.37. The molecular formula is C14H17N5O. The van der Waals surface area contributed by atoms with Crippen LogP contribution < -0.4 is 10.1 Å². The quantitative estimate of drug-likeness (QED) is 0.905. The molecule has 1 aliphatic rings. The molecule has 2 aromatic rings. The first-order valence-corrected chi connectivity index (χ1v) is 6.67. The van der Waals surface area contributed by atoms with E-state index in [1.807, 2.05) is 29.9 Å². The number of nitrogens with zero attached hydrogens (tertiary/aromatic N) is 4. The van der Waals surface area contributed by atoms with Gasteiger partial charge in [-0.1, -0.05) is 0 Å². The maximum atomic E-state index is 5.80. The van der Waals surface area contributed by atoms with Crippen LogP contribution in [0.15, 0.2) is 35.7 Å². The molecule has 1 aliphatic heterocycles. The summed E-state index contributed by atoms with van der Waals surface area (Å²) in [5, 5.41) is 3.29. The highest BCUT2D eigenvalue weighted by atomic mass is 16.5. The second-order valence-corrected chi connectivity index (χ2v) is 4.61. The van der Waals surface area contributed by atoms with E-state index in [4.69, 9.17) is 4.74 Å². The topological polar surface area (TPSA) is 64.3 Å². The third-order valence-corrected chi connectivity index (χ3v) is 3.18. The number of aryl methyl sites for hydroxylation is 1. The predicted molar refractivity (Wildman–Crippen MR) is 75.8 cm³/mol. The van der Waals surface area contributed by atoms with Crippen molar-refractivity contribution in [3.8, 4) is 5.88 Å². The lowest BCUT2D eigenvalue weighted by Gasteiger charge is -2.16. The second kappa shape index (κ2) is 5.73. The fourth-order valence-electron chi connectivity index (χ4n) is 2.07. The van der Waals surface area contributed by atoms with Crippen LogP contribution in [-0.4, -0.2) is 33.5 Å². The van der Waals surface area contributed by atoms with Crippen molar-refractivity contribution in [3.63, 3.8) is 0 Å². The van der Waals surface area contributed by atoms with Gasteiger partial charge in [0.1, 0.15) is 18.3 Å². The fourth-order valence-corrected chi connectivity index (χ4v) is 2.07. The Bertz CT molecular complexity index is 620. The molecule has 1 N–H and O–H groups in total. The van der Waals surface area contributed by atoms with E-state index in [0.717, 1.165) is 36.7 Å². The molecule has 0 spiro atoms. The van der Waals surface area contributed by atoms with E-state index in [0.29, 0.717) is 12.5 Å². The van der Waals surface area contributed by atoms with Crippen LogP contribution in [0.3, 0.4) is 0 Å². The average Bonchev–Trinajstić information content (AvgIpc) is 2.92. The Morgan fingerprint density at radius 3 is 3.05 bits per heavy atom. The van der Waals surface area contributed by atoms with Crippen LogP contribution in [0.2, 0.25) is 0 Å². The molecule has 3 heterocycles. The molecule has 3 rings (SSSR count). The Morgan fingerprint density at radius 2 is 2.30 bits per heavy atom. The van der Waals surface area contributed by atoms with Gasteiger partial charge in [-0.05, 0) is 18.6 Å². The Labute approximate surface area is 117 Å². The highest BCUT2D eigenvalue weighted by Crippen LogP contribution is 2.17. The first-order chi connectivity index (χ1) is 9.84. The van der Waals surface area contributed by atoms with E-state index >= 15 is 0 Å². The summed E-state index contributed by atoms with van der Waals surface area (Å²) >= 11 is 0. The maximum absolute atomic E-state index is 5.80. The van der Waals surface area contributed by atoms with Crippen LogP contribution in [0, 0.1) is 0 Å². The molecular weight excluding hydrogens is 254 g/mol. The van der Waals surface area contributed by atoms with Gasteiger partial charge in [0.25, 0.3) is 0 Å². The number of imidazole rings is 1. The van der Waals surface area contributed by atoms with Crippen LogP contribution >= 0.6 is 0 Å². The van der Waals surface area contributed by atoms with Crippen molar-refractivity contribution in [2.75, 3.05) is 13.1 Å². The summed E-state index contributed by atoms with van der Waals surface area (Å²) in [5.74, 6) is 2.31. The van der Waals surface area contributed by atoms with Gasteiger partial charge >= 0.3 is 0 Å². The lowest BCUT2D eigenvalue weighted by Crippen LogP contribution is -2.30. The van der Waals surface area contributed by atoms with E-state index in [9.17, 15) is 0 Å². The summed E-state index contributed by atoms with van der Waals surface area (Å²) in [6.45, 7) is 2.17. The summed E-state index contributed by atoms with van der Waals surface area (Å²) in [6.07, 6.45) is 6.43. The zero-order chi connectivity index (χ0) is 13.8. The summed E-state index contributed by atoms with van der Waals surface area (Å²) in [6, 6.07) is 3.86. The summed E-state index contributed by atoms with van der Waals surface area (Å²) in [7, 11) is 1.94. The number of hydrogen-bond donors (Lipinski definition) is 1. The molecule has 104 valence electrons. The second-order valence-electron chi connectivity index (χ2n) is 4.61. The van der Waals surface area contributed by atoms with Crippen LogP contribution in [0.5, 0.6) is 5.88 Å². The number of rotatable bonds is 4. The van der Waals surface area contributed by atoms with E-state index in [1.54, 1.807) is 12.4 Å². The minimum absolute atomic E-state index is 0.390. The van der Waals surface area contributed by atoms with Crippen LogP contribution in [0.4, 0.5) is 0 Å². The van der Waals surface area contributed by atoms with Crippen molar-refractivity contribution >= 4 is 5.84 Å². The summed E-state index contributed by atoms with van der Waals surface area (Å²) in [5.41, 5.74) is 0.904. The summed E-state index contributed by atoms with van der Waals surface area (Å²) < 4.78 is 7.73. The zero-order valence-electron chi connectivity index (χ0n) is 11.4. The lowest BCUT2D eigenvalue weighted by atomic mass is 10.2. The average molecular weight is 271 g/mol. The van der Waals surface area contributed by atoms with Gasteiger partial charge in [-0.2, -0.15) is 0 Å². The number of ether oxygens (including phenoxy) is 1. The first-order valence-electron chi connectivity index (χ1n) is 6.67. The van der Waals surface area contributed by atoms with Gasteiger partial charge in [-0.3, -0.25) is 4.99 Å². The molecule has 20 heavy (non-hydrogen) atoms. The Morgan fingerprint density at radius 1 is 1.35 bits per heavy atom.